The third kappa shape index (κ3) is 2.72. The second kappa shape index (κ2) is 5.63. The van der Waals surface area contributed by atoms with Crippen LogP contribution < -0.4 is 4.90 Å². The monoisotopic (exact) mass is 314 g/mol. The summed E-state index contributed by atoms with van der Waals surface area (Å²) in [7, 11) is 0. The Bertz CT molecular complexity index is 666. The second-order valence-corrected chi connectivity index (χ2v) is 4.31. The molecule has 0 atom stereocenters. The Morgan fingerprint density at radius 1 is 1.23 bits per heavy atom. The summed E-state index contributed by atoms with van der Waals surface area (Å²) in [5.41, 5.74) is -2.21. The second-order valence-electron chi connectivity index (χ2n) is 4.31. The molecule has 1 radical (unpaired) electrons. The normalized spacial score (nSPS) is 15.4. The van der Waals surface area contributed by atoms with Crippen molar-refractivity contribution in [3.8, 4) is 6.07 Å². The van der Waals surface area contributed by atoms with Gasteiger partial charge in [-0.15, -0.1) is 0 Å². The van der Waals surface area contributed by atoms with Crippen molar-refractivity contribution in [2.75, 3.05) is 18.1 Å². The van der Waals surface area contributed by atoms with Crippen LogP contribution in [0.5, 0.6) is 0 Å². The molecule has 1 aromatic carbocycles. The van der Waals surface area contributed by atoms with Crippen molar-refractivity contribution in [2.45, 2.75) is 6.18 Å². The van der Waals surface area contributed by atoms with Crippen LogP contribution in [0.25, 0.3) is 0 Å². The number of imide groups is 1. The molecule has 0 N–H and O–H groups in total. The first-order valence-electron chi connectivity index (χ1n) is 5.96. The minimum Gasteiger partial charge on any atom is -0.307 e. The summed E-state index contributed by atoms with van der Waals surface area (Å²) in [6.45, 7) is -0.457. The van der Waals surface area contributed by atoms with Gasteiger partial charge in [0.05, 0.1) is 29.4 Å². The van der Waals surface area contributed by atoms with Crippen molar-refractivity contribution in [1.29, 1.82) is 5.26 Å². The fraction of sp³-hybridized carbons (Fsp3) is 0.231. The largest absolute Gasteiger partial charge is 0.417 e. The Kier molecular flexibility index (Phi) is 4.03. The van der Waals surface area contributed by atoms with Crippen LogP contribution in [0, 0.1) is 17.9 Å². The maximum Gasteiger partial charge on any atom is 0.417 e. The molecule has 22 heavy (non-hydrogen) atoms. The number of carbonyl (C=O) groups is 2. The molecule has 0 aromatic heterocycles. The van der Waals surface area contributed by atoms with Gasteiger partial charge in [0.1, 0.15) is 13.2 Å². The Balaban J connectivity index is 2.44. The molecule has 0 saturated carbocycles. The number of alkyl halides is 4. The number of carbonyl (C=O) groups excluding carboxylic acids is 2. The maximum atomic E-state index is 12.9. The van der Waals surface area contributed by atoms with E-state index < -0.39 is 35.9 Å². The lowest BCUT2D eigenvalue weighted by molar-refractivity contribution is -0.137. The van der Waals surface area contributed by atoms with Crippen molar-refractivity contribution in [3.63, 3.8) is 0 Å². The van der Waals surface area contributed by atoms with Crippen LogP contribution in [0.15, 0.2) is 18.2 Å². The lowest BCUT2D eigenvalue weighted by Crippen LogP contribution is -2.34. The first-order valence-corrected chi connectivity index (χ1v) is 5.96. The Morgan fingerprint density at radius 3 is 2.45 bits per heavy atom. The van der Waals surface area contributed by atoms with Gasteiger partial charge in [-0.3, -0.25) is 4.79 Å². The molecule has 1 fully saturated rings. The lowest BCUT2D eigenvalue weighted by Gasteiger charge is -2.17. The lowest BCUT2D eigenvalue weighted by atomic mass is 10.1. The molecule has 3 amide bonds. The van der Waals surface area contributed by atoms with Gasteiger partial charge in [-0.25, -0.2) is 14.1 Å². The first kappa shape index (κ1) is 15.8. The highest BCUT2D eigenvalue weighted by atomic mass is 19.4. The SMILES string of the molecule is N#Cc1ccc(N2C(=O)[CH]N(CCF)C2=O)cc1C(F)(F)F. The first-order chi connectivity index (χ1) is 10.3. The van der Waals surface area contributed by atoms with E-state index in [-0.39, 0.29) is 12.2 Å². The van der Waals surface area contributed by atoms with Gasteiger partial charge in [0.15, 0.2) is 0 Å². The van der Waals surface area contributed by atoms with Crippen LogP contribution in [0.2, 0.25) is 0 Å². The number of nitrogens with zero attached hydrogens (tertiary/aromatic N) is 3. The fourth-order valence-corrected chi connectivity index (χ4v) is 1.96. The van der Waals surface area contributed by atoms with E-state index in [1.165, 1.54) is 6.07 Å². The van der Waals surface area contributed by atoms with Gasteiger partial charge in [0.2, 0.25) is 0 Å². The standard InChI is InChI=1S/C13H8F4N3O2/c14-3-4-19-7-11(21)20(12(19)22)9-2-1-8(6-18)10(5-9)13(15,16)17/h1-2,5,7H,3-4H2. The van der Waals surface area contributed by atoms with Gasteiger partial charge < -0.3 is 4.90 Å². The van der Waals surface area contributed by atoms with E-state index >= 15 is 0 Å². The number of halogens is 4. The third-order valence-electron chi connectivity index (χ3n) is 2.94. The van der Waals surface area contributed by atoms with Crippen LogP contribution in [-0.2, 0) is 11.0 Å². The van der Waals surface area contributed by atoms with E-state index in [2.05, 4.69) is 0 Å². The van der Waals surface area contributed by atoms with Gasteiger partial charge in [-0.05, 0) is 18.2 Å². The third-order valence-corrected chi connectivity index (χ3v) is 2.94. The summed E-state index contributed by atoms with van der Waals surface area (Å²) in [5, 5.41) is 8.70. The zero-order chi connectivity index (χ0) is 16.5. The summed E-state index contributed by atoms with van der Waals surface area (Å²) < 4.78 is 50.9. The highest BCUT2D eigenvalue weighted by Gasteiger charge is 2.40. The number of benzene rings is 1. The van der Waals surface area contributed by atoms with Crippen molar-refractivity contribution in [1.82, 2.24) is 4.90 Å². The molecule has 115 valence electrons. The average molecular weight is 314 g/mol. The van der Waals surface area contributed by atoms with Crippen molar-refractivity contribution < 1.29 is 27.2 Å². The van der Waals surface area contributed by atoms with Crippen LogP contribution in [-0.4, -0.2) is 30.1 Å². The molecule has 0 unspecified atom stereocenters. The molecule has 0 spiro atoms. The molecule has 1 aliphatic rings. The quantitative estimate of drug-likeness (QED) is 0.636. The van der Waals surface area contributed by atoms with Gasteiger partial charge in [0.25, 0.3) is 5.91 Å². The van der Waals surface area contributed by atoms with Gasteiger partial charge >= 0.3 is 12.2 Å². The molecule has 1 heterocycles. The summed E-state index contributed by atoms with van der Waals surface area (Å²) in [6.07, 6.45) is -4.81. The van der Waals surface area contributed by atoms with Crippen LogP contribution >= 0.6 is 0 Å². The molecular formula is C13H8F4N3O2. The zero-order valence-electron chi connectivity index (χ0n) is 10.9. The van der Waals surface area contributed by atoms with Gasteiger partial charge in [0, 0.05) is 0 Å². The number of nitriles is 1. The Morgan fingerprint density at radius 2 is 1.91 bits per heavy atom. The molecule has 0 bridgehead atoms. The van der Waals surface area contributed by atoms with Crippen LogP contribution in [0.1, 0.15) is 11.1 Å². The Hall–Kier alpha value is -2.63. The van der Waals surface area contributed by atoms with Crippen molar-refractivity contribution in [3.05, 3.63) is 35.9 Å². The van der Waals surface area contributed by atoms with E-state index in [9.17, 15) is 27.2 Å². The highest BCUT2D eigenvalue weighted by Crippen LogP contribution is 2.35. The summed E-state index contributed by atoms with van der Waals surface area (Å²) in [4.78, 5) is 24.9. The number of urea groups is 1. The molecule has 5 nitrogen and oxygen atoms in total. The van der Waals surface area contributed by atoms with E-state index in [4.69, 9.17) is 5.26 Å². The number of anilines is 1. The molecule has 1 saturated heterocycles. The van der Waals surface area contributed by atoms with Crippen LogP contribution in [0.4, 0.5) is 28.0 Å². The molecule has 2 rings (SSSR count). The van der Waals surface area contributed by atoms with Gasteiger partial charge in [-0.2, -0.15) is 18.4 Å². The van der Waals surface area contributed by atoms with E-state index in [0.29, 0.717) is 11.0 Å². The van der Waals surface area contributed by atoms with E-state index in [0.717, 1.165) is 23.6 Å². The smallest absolute Gasteiger partial charge is 0.307 e. The minimum absolute atomic E-state index is 0.334. The summed E-state index contributed by atoms with van der Waals surface area (Å²) >= 11 is 0. The van der Waals surface area contributed by atoms with Crippen molar-refractivity contribution in [2.24, 2.45) is 0 Å². The average Bonchev–Trinajstić information content (AvgIpc) is 2.72. The number of hydrogen-bond acceptors (Lipinski definition) is 3. The molecule has 1 aliphatic heterocycles. The minimum atomic E-state index is -4.81. The van der Waals surface area contributed by atoms with E-state index in [1.54, 1.807) is 0 Å². The molecule has 0 aliphatic carbocycles. The Labute approximate surface area is 122 Å². The predicted molar refractivity (Wildman–Crippen MR) is 66.0 cm³/mol. The molecule has 9 heteroatoms. The molecular weight excluding hydrogens is 306 g/mol. The topological polar surface area (TPSA) is 64.4 Å². The predicted octanol–water partition coefficient (Wildman–Crippen LogP) is 2.48. The number of rotatable bonds is 3. The van der Waals surface area contributed by atoms with Crippen LogP contribution in [0.3, 0.4) is 0 Å². The van der Waals surface area contributed by atoms with E-state index in [1.807, 2.05) is 0 Å². The summed E-state index contributed by atoms with van der Waals surface area (Å²) in [5.74, 6) is -0.878. The summed E-state index contributed by atoms with van der Waals surface area (Å²) in [6, 6.07) is 2.92. The van der Waals surface area contributed by atoms with Gasteiger partial charge in [-0.1, -0.05) is 0 Å². The highest BCUT2D eigenvalue weighted by molar-refractivity contribution is 6.22. The van der Waals surface area contributed by atoms with Crippen molar-refractivity contribution >= 4 is 17.6 Å². The number of hydrogen-bond donors (Lipinski definition) is 0. The fourth-order valence-electron chi connectivity index (χ4n) is 1.96. The number of amides is 3. The zero-order valence-corrected chi connectivity index (χ0v) is 10.9. The maximum absolute atomic E-state index is 12.9. The molecule has 1 aromatic rings.